The summed E-state index contributed by atoms with van der Waals surface area (Å²) in [5, 5.41) is 146. The predicted molar refractivity (Wildman–Crippen MR) is 447 cm³/mol. The Labute approximate surface area is 727 Å². The van der Waals surface area contributed by atoms with Gasteiger partial charge < -0.3 is 139 Å². The zero-order valence-electron chi connectivity index (χ0n) is 72.3. The lowest BCUT2D eigenvalue weighted by molar-refractivity contribution is -0.327. The molecule has 0 aliphatic carbocycles. The predicted octanol–water partition coefficient (Wildman–Crippen LogP) is 1.57. The first-order valence-corrected chi connectivity index (χ1v) is 44.6. The highest BCUT2D eigenvalue weighted by Gasteiger charge is 2.60. The van der Waals surface area contributed by atoms with Gasteiger partial charge in [0.2, 0.25) is 11.8 Å². The minimum atomic E-state index is -2.25. The normalized spacial score (nSPS) is 28.6. The molecule has 42 heteroatoms. The van der Waals surface area contributed by atoms with Crippen molar-refractivity contribution in [1.82, 2.24) is 10.6 Å². The smallest absolute Gasteiger partial charge is 0.364 e. The van der Waals surface area contributed by atoms with Gasteiger partial charge in [0.25, 0.3) is 23.1 Å². The number of methoxy groups -OCH3 is 4. The van der Waals surface area contributed by atoms with Crippen molar-refractivity contribution >= 4 is 106 Å². The number of amides is 2. The molecule has 0 aromatic rings. The summed E-state index contributed by atoms with van der Waals surface area (Å²) in [6, 6.07) is -1.82. The van der Waals surface area contributed by atoms with Crippen molar-refractivity contribution in [1.29, 1.82) is 0 Å². The van der Waals surface area contributed by atoms with Crippen LogP contribution in [-0.4, -0.2) is 377 Å². The number of aliphatic hydroxyl groups is 10. The SMILES string of the molecule is C.COCCSCC(C)C(=O)CC1C(O)CC(OC(C)C)(C(=O)O)OC1C(O)C(O)CO.COCCSCC(C)C(=O)CC1C(O)CC(OC(C)C)(C(=O)O)OC1C(O)C(O)CO.COCCSCC(C)C(=O)CC1OC(OC(C)C)(C(=O)O)CC(O)C1NC(C)=O.COCCSCC(C)C(=O)CC1OC(OC(C)C)(C(=O)O)CC(O)C1NC(C)=O. The maximum absolute atomic E-state index is 12.7. The van der Waals surface area contributed by atoms with Crippen LogP contribution in [0.3, 0.4) is 0 Å². The average molecular weight is 1820 g/mol. The number of hydrogen-bond donors (Lipinski definition) is 16. The molecule has 0 saturated carbocycles. The standard InChI is InChI=1S/2C20H36O10S.2C19H33NO8S.CH4/c2*1-11(2)29-20(19(26)27)8-15(23)13(18(30-20)17(25)16(24)9-21)7-14(22)12(3)10-31-6-5-28-4;2*1-11(2)27-19(18(24)25)9-15(23)17(20-13(4)21)16(28-19)8-14(22)12(3)10-29-7-6-26-5;/h2*11-13,15-18,21,23-25H,5-10H2,1-4H3,(H,26,27);2*11-12,15-17,23H,6-10H2,1-5H3,(H,20,21)(H,24,25);1H4. The summed E-state index contributed by atoms with van der Waals surface area (Å²) in [5.41, 5.74) is 0. The number of ether oxygens (including phenoxy) is 12. The third-order valence-corrected chi connectivity index (χ3v) is 24.1. The molecule has 4 aliphatic heterocycles. The Morgan fingerprint density at radius 2 is 0.603 bits per heavy atom. The quantitative estimate of drug-likeness (QED) is 0.0384. The Hall–Kier alpha value is -3.98. The minimum Gasteiger partial charge on any atom is -0.477 e. The first-order valence-electron chi connectivity index (χ1n) is 40.0. The van der Waals surface area contributed by atoms with E-state index in [1.54, 1.807) is 159 Å². The second-order valence-corrected chi connectivity index (χ2v) is 35.9. The van der Waals surface area contributed by atoms with Crippen molar-refractivity contribution in [2.75, 3.05) is 114 Å². The number of carbonyl (C=O) groups is 10. The number of nitrogens with one attached hydrogen (secondary N) is 2. The number of ketones is 4. The number of carboxylic acid groups (broad SMARTS) is 4. The van der Waals surface area contributed by atoms with Crippen LogP contribution < -0.4 is 10.6 Å². The zero-order valence-corrected chi connectivity index (χ0v) is 75.6. The minimum absolute atomic E-state index is 0. The van der Waals surface area contributed by atoms with Crippen molar-refractivity contribution < 1.29 is 176 Å². The molecule has 4 heterocycles. The van der Waals surface area contributed by atoms with Crippen LogP contribution in [0.5, 0.6) is 0 Å². The Bertz CT molecular complexity index is 2880. The highest BCUT2D eigenvalue weighted by Crippen LogP contribution is 2.43. The molecule has 0 spiro atoms. The van der Waals surface area contributed by atoms with Crippen LogP contribution in [0.4, 0.5) is 0 Å². The molecule has 0 radical (unpaired) electrons. The van der Waals surface area contributed by atoms with Crippen molar-refractivity contribution in [3.63, 3.8) is 0 Å². The lowest BCUT2D eigenvalue weighted by Gasteiger charge is -2.47. The van der Waals surface area contributed by atoms with E-state index in [9.17, 15) is 119 Å². The molecule has 4 fully saturated rings. The molecule has 708 valence electrons. The van der Waals surface area contributed by atoms with Gasteiger partial charge >= 0.3 is 23.9 Å². The summed E-state index contributed by atoms with van der Waals surface area (Å²) in [6.45, 7) is 23.3. The van der Waals surface area contributed by atoms with Gasteiger partial charge in [-0.3, -0.25) is 28.8 Å². The molecule has 16 N–H and O–H groups in total. The number of carbonyl (C=O) groups excluding carboxylic acids is 6. The fourth-order valence-corrected chi connectivity index (χ4v) is 17.2. The van der Waals surface area contributed by atoms with Gasteiger partial charge in [-0.25, -0.2) is 19.2 Å². The van der Waals surface area contributed by atoms with Crippen molar-refractivity contribution in [2.45, 2.75) is 289 Å². The van der Waals surface area contributed by atoms with Crippen molar-refractivity contribution in [2.24, 2.45) is 35.5 Å². The Kier molecular flexibility index (Phi) is 56.5. The monoisotopic (exact) mass is 1820 g/mol. The van der Waals surface area contributed by atoms with Gasteiger partial charge in [0.05, 0.1) is 125 Å². The molecular weight excluding hydrogens is 1680 g/mol. The number of rotatable bonds is 52. The van der Waals surface area contributed by atoms with E-state index in [0.29, 0.717) is 49.4 Å². The maximum atomic E-state index is 12.7. The van der Waals surface area contributed by atoms with E-state index < -0.39 is 206 Å². The Morgan fingerprint density at radius 1 is 0.380 bits per heavy atom. The van der Waals surface area contributed by atoms with Gasteiger partial charge in [-0.2, -0.15) is 47.0 Å². The third kappa shape index (κ3) is 39.3. The zero-order chi connectivity index (χ0) is 91.9. The summed E-state index contributed by atoms with van der Waals surface area (Å²) in [4.78, 5) is 122. The topological polar surface area (TPSA) is 589 Å². The Balaban J connectivity index is 0.00000158. The molecule has 0 bridgehead atoms. The lowest BCUT2D eigenvalue weighted by Crippen LogP contribution is -2.64. The van der Waals surface area contributed by atoms with E-state index in [4.69, 9.17) is 56.8 Å². The number of hydrogen-bond acceptors (Lipinski definition) is 36. The Morgan fingerprint density at radius 3 is 0.810 bits per heavy atom. The summed E-state index contributed by atoms with van der Waals surface area (Å²) in [5.74, 6) is -14.0. The van der Waals surface area contributed by atoms with Gasteiger partial charge in [-0.1, -0.05) is 35.1 Å². The molecule has 4 saturated heterocycles. The van der Waals surface area contributed by atoms with E-state index in [0.717, 1.165) is 23.0 Å². The van der Waals surface area contributed by atoms with Gasteiger partial charge in [0.15, 0.2) is 0 Å². The fraction of sp³-hybridized carbons (Fsp3) is 0.873. The largest absolute Gasteiger partial charge is 0.477 e. The summed E-state index contributed by atoms with van der Waals surface area (Å²) < 4.78 is 64.6. The maximum Gasteiger partial charge on any atom is 0.364 e. The first kappa shape index (κ1) is 117. The molecule has 4 aliphatic rings. The van der Waals surface area contributed by atoms with Crippen molar-refractivity contribution in [3.8, 4) is 0 Å². The van der Waals surface area contributed by atoms with Crippen LogP contribution in [0.2, 0.25) is 0 Å². The highest BCUT2D eigenvalue weighted by atomic mass is 32.2. The second kappa shape index (κ2) is 58.5. The second-order valence-electron chi connectivity index (χ2n) is 31.3. The number of aliphatic hydroxyl groups excluding tert-OH is 10. The molecule has 121 heavy (non-hydrogen) atoms. The van der Waals surface area contributed by atoms with Crippen LogP contribution in [-0.2, 0) is 105 Å². The number of aliphatic carboxylic acids is 4. The highest BCUT2D eigenvalue weighted by molar-refractivity contribution is 8.00. The molecule has 4 rings (SSSR count). The van der Waals surface area contributed by atoms with Crippen LogP contribution in [0.15, 0.2) is 0 Å². The molecule has 38 nitrogen and oxygen atoms in total. The van der Waals surface area contributed by atoms with Gasteiger partial charge in [0, 0.05) is 175 Å². The molecule has 0 aromatic heterocycles. The number of Topliss-reactive ketones (excluding diaryl/α,β-unsaturated/α-hetero) is 4. The summed E-state index contributed by atoms with van der Waals surface area (Å²) in [6.07, 6.45) is -21.4. The van der Waals surface area contributed by atoms with Gasteiger partial charge in [-0.15, -0.1) is 0 Å². The first-order chi connectivity index (χ1) is 56.0. The van der Waals surface area contributed by atoms with E-state index in [1.165, 1.54) is 13.8 Å². The number of carboxylic acids is 4. The molecule has 24 unspecified atom stereocenters. The molecule has 2 amide bonds. The fourth-order valence-electron chi connectivity index (χ4n) is 13.2. The average Bonchev–Trinajstić information content (AvgIpc) is 0.751. The van der Waals surface area contributed by atoms with Crippen LogP contribution in [0.25, 0.3) is 0 Å². The number of thioether (sulfide) groups is 4. The van der Waals surface area contributed by atoms with E-state index in [2.05, 4.69) is 10.6 Å². The van der Waals surface area contributed by atoms with Crippen molar-refractivity contribution in [3.05, 3.63) is 0 Å². The van der Waals surface area contributed by atoms with E-state index in [-0.39, 0.29) is 92.8 Å². The van der Waals surface area contributed by atoms with Crippen LogP contribution in [0.1, 0.15) is 156 Å². The molecule has 24 atom stereocenters. The lowest BCUT2D eigenvalue weighted by atomic mass is 9.79. The summed E-state index contributed by atoms with van der Waals surface area (Å²) in [7, 11) is 6.39. The van der Waals surface area contributed by atoms with E-state index >= 15 is 0 Å². The summed E-state index contributed by atoms with van der Waals surface area (Å²) >= 11 is 6.24. The molecule has 0 aromatic carbocycles. The molecular formula is C79H142N2O36S4. The third-order valence-electron chi connectivity index (χ3n) is 19.4. The van der Waals surface area contributed by atoms with Gasteiger partial charge in [0.1, 0.15) is 47.5 Å². The van der Waals surface area contributed by atoms with E-state index in [1.807, 2.05) is 0 Å². The van der Waals surface area contributed by atoms with Crippen LogP contribution >= 0.6 is 47.0 Å². The van der Waals surface area contributed by atoms with Gasteiger partial charge in [-0.05, 0) is 55.4 Å². The van der Waals surface area contributed by atoms with Crippen LogP contribution in [0, 0.1) is 35.5 Å².